The molecule has 0 spiro atoms. The van der Waals surface area contributed by atoms with E-state index in [2.05, 4.69) is 27.4 Å². The lowest BCUT2D eigenvalue weighted by molar-refractivity contribution is 0.386. The third-order valence-corrected chi connectivity index (χ3v) is 2.61. The fourth-order valence-electron chi connectivity index (χ4n) is 1.73. The number of aryl methyl sites for hydroxylation is 2. The molecule has 0 amide bonds. The lowest BCUT2D eigenvalue weighted by Gasteiger charge is -2.12. The lowest BCUT2D eigenvalue weighted by Crippen LogP contribution is -2.24. The predicted molar refractivity (Wildman–Crippen MR) is 62.4 cm³/mol. The molecule has 1 unspecified atom stereocenters. The summed E-state index contributed by atoms with van der Waals surface area (Å²) in [6, 6.07) is 0.211. The fraction of sp³-hybridized carbons (Fsp3) is 0.545. The molecule has 0 fully saturated rings. The van der Waals surface area contributed by atoms with E-state index in [0.29, 0.717) is 5.89 Å². The molecule has 0 saturated heterocycles. The van der Waals surface area contributed by atoms with Gasteiger partial charge in [0, 0.05) is 39.3 Å². The van der Waals surface area contributed by atoms with E-state index in [0.717, 1.165) is 24.6 Å². The third-order valence-electron chi connectivity index (χ3n) is 2.61. The zero-order chi connectivity index (χ0) is 12.3. The monoisotopic (exact) mass is 235 g/mol. The predicted octanol–water partition coefficient (Wildman–Crippen LogP) is 1.00. The lowest BCUT2D eigenvalue weighted by atomic mass is 10.3. The first kappa shape index (κ1) is 11.8. The quantitative estimate of drug-likeness (QED) is 0.837. The van der Waals surface area contributed by atoms with Crippen LogP contribution in [0.1, 0.15) is 30.5 Å². The van der Waals surface area contributed by atoms with Gasteiger partial charge in [0.25, 0.3) is 0 Å². The Labute approximate surface area is 100 Å². The maximum absolute atomic E-state index is 4.91. The molecular weight excluding hydrogens is 218 g/mol. The van der Waals surface area contributed by atoms with E-state index in [-0.39, 0.29) is 6.04 Å². The van der Waals surface area contributed by atoms with Crippen LogP contribution >= 0.6 is 0 Å². The summed E-state index contributed by atoms with van der Waals surface area (Å²) in [6.45, 7) is 4.68. The van der Waals surface area contributed by atoms with Crippen molar-refractivity contribution in [2.45, 2.75) is 26.3 Å². The van der Waals surface area contributed by atoms with E-state index >= 15 is 0 Å². The molecule has 0 aliphatic carbocycles. The number of hydrogen-bond acceptors (Lipinski definition) is 5. The van der Waals surface area contributed by atoms with E-state index in [1.54, 1.807) is 13.1 Å². The summed E-state index contributed by atoms with van der Waals surface area (Å²) in [5, 5.41) is 7.22. The van der Waals surface area contributed by atoms with Gasteiger partial charge in [-0.05, 0) is 6.92 Å². The van der Waals surface area contributed by atoms with Gasteiger partial charge in [0.2, 0.25) is 5.89 Å². The van der Waals surface area contributed by atoms with Crippen LogP contribution in [0.25, 0.3) is 0 Å². The Kier molecular flexibility index (Phi) is 3.53. The van der Waals surface area contributed by atoms with Gasteiger partial charge in [-0.1, -0.05) is 5.16 Å². The van der Waals surface area contributed by atoms with Crippen molar-refractivity contribution in [3.8, 4) is 0 Å². The Balaban J connectivity index is 1.81. The maximum Gasteiger partial charge on any atom is 0.223 e. The smallest absolute Gasteiger partial charge is 0.223 e. The Morgan fingerprint density at radius 2 is 2.35 bits per heavy atom. The molecule has 92 valence electrons. The fourth-order valence-corrected chi connectivity index (χ4v) is 1.73. The molecule has 0 radical (unpaired) electrons. The summed E-state index contributed by atoms with van der Waals surface area (Å²) in [7, 11) is 1.99. The summed E-state index contributed by atoms with van der Waals surface area (Å²) in [5.41, 5.74) is 0. The molecule has 2 heterocycles. The number of rotatable bonds is 5. The van der Waals surface area contributed by atoms with Gasteiger partial charge in [-0.3, -0.25) is 0 Å². The van der Waals surface area contributed by atoms with E-state index in [4.69, 9.17) is 4.52 Å². The van der Waals surface area contributed by atoms with Gasteiger partial charge in [-0.25, -0.2) is 4.98 Å². The van der Waals surface area contributed by atoms with Gasteiger partial charge >= 0.3 is 0 Å². The summed E-state index contributed by atoms with van der Waals surface area (Å²) in [4.78, 5) is 8.45. The minimum atomic E-state index is 0.211. The first-order valence-corrected chi connectivity index (χ1v) is 5.66. The second-order valence-corrected chi connectivity index (χ2v) is 4.05. The molecule has 6 nitrogen and oxygen atoms in total. The summed E-state index contributed by atoms with van der Waals surface area (Å²) in [5.74, 6) is 2.37. The zero-order valence-electron chi connectivity index (χ0n) is 10.3. The molecule has 0 aromatic carbocycles. The molecule has 17 heavy (non-hydrogen) atoms. The number of nitrogens with one attached hydrogen (secondary N) is 1. The molecule has 1 N–H and O–H groups in total. The van der Waals surface area contributed by atoms with Gasteiger partial charge in [-0.2, -0.15) is 4.98 Å². The van der Waals surface area contributed by atoms with Crippen LogP contribution in [0.4, 0.5) is 0 Å². The van der Waals surface area contributed by atoms with Crippen LogP contribution in [0.3, 0.4) is 0 Å². The number of aromatic nitrogens is 4. The van der Waals surface area contributed by atoms with Gasteiger partial charge < -0.3 is 14.4 Å². The average Bonchev–Trinajstić information content (AvgIpc) is 2.87. The molecule has 0 saturated carbocycles. The summed E-state index contributed by atoms with van der Waals surface area (Å²) < 4.78 is 6.92. The van der Waals surface area contributed by atoms with Gasteiger partial charge in [-0.15, -0.1) is 0 Å². The second kappa shape index (κ2) is 5.09. The third kappa shape index (κ3) is 2.91. The molecular formula is C11H17N5O. The highest BCUT2D eigenvalue weighted by Gasteiger charge is 2.09. The zero-order valence-corrected chi connectivity index (χ0v) is 10.3. The molecule has 2 aromatic heterocycles. The number of nitrogens with zero attached hydrogens (tertiary/aromatic N) is 4. The largest absolute Gasteiger partial charge is 0.340 e. The van der Waals surface area contributed by atoms with Crippen LogP contribution in [0.5, 0.6) is 0 Å². The molecule has 2 rings (SSSR count). The van der Waals surface area contributed by atoms with Gasteiger partial charge in [0.1, 0.15) is 5.82 Å². The van der Waals surface area contributed by atoms with Crippen molar-refractivity contribution >= 4 is 0 Å². The van der Waals surface area contributed by atoms with Gasteiger partial charge in [0.05, 0.1) is 6.04 Å². The standard InChI is InChI=1S/C11H17N5O/c1-8(11-13-6-7-16(11)3)12-5-4-10-14-9(2)17-15-10/h6-8,12H,4-5H2,1-3H3. The van der Waals surface area contributed by atoms with E-state index in [1.807, 2.05) is 17.8 Å². The van der Waals surface area contributed by atoms with Crippen molar-refractivity contribution in [3.63, 3.8) is 0 Å². The SMILES string of the molecule is Cc1nc(CCNC(C)c2nccn2C)no1. The first-order chi connectivity index (χ1) is 8.16. The van der Waals surface area contributed by atoms with Crippen LogP contribution in [-0.2, 0) is 13.5 Å². The Morgan fingerprint density at radius 3 is 2.94 bits per heavy atom. The number of hydrogen-bond donors (Lipinski definition) is 1. The van der Waals surface area contributed by atoms with Crippen molar-refractivity contribution in [2.24, 2.45) is 7.05 Å². The van der Waals surface area contributed by atoms with E-state index < -0.39 is 0 Å². The minimum Gasteiger partial charge on any atom is -0.340 e. The second-order valence-electron chi connectivity index (χ2n) is 4.05. The average molecular weight is 235 g/mol. The normalized spacial score (nSPS) is 12.9. The molecule has 0 aliphatic rings. The molecule has 6 heteroatoms. The Bertz CT molecular complexity index is 476. The summed E-state index contributed by atoms with van der Waals surface area (Å²) in [6.07, 6.45) is 4.50. The number of imidazole rings is 1. The highest BCUT2D eigenvalue weighted by atomic mass is 16.5. The van der Waals surface area contributed by atoms with Crippen LogP contribution in [0.15, 0.2) is 16.9 Å². The van der Waals surface area contributed by atoms with E-state index in [9.17, 15) is 0 Å². The van der Waals surface area contributed by atoms with Crippen molar-refractivity contribution in [2.75, 3.05) is 6.54 Å². The molecule has 2 aromatic rings. The van der Waals surface area contributed by atoms with Crippen molar-refractivity contribution in [3.05, 3.63) is 29.9 Å². The summed E-state index contributed by atoms with van der Waals surface area (Å²) >= 11 is 0. The molecule has 0 bridgehead atoms. The van der Waals surface area contributed by atoms with E-state index in [1.165, 1.54) is 0 Å². The van der Waals surface area contributed by atoms with Crippen molar-refractivity contribution in [1.29, 1.82) is 0 Å². The van der Waals surface area contributed by atoms with Crippen LogP contribution in [0.2, 0.25) is 0 Å². The maximum atomic E-state index is 4.91. The molecule has 0 aliphatic heterocycles. The highest BCUT2D eigenvalue weighted by Crippen LogP contribution is 2.07. The minimum absolute atomic E-state index is 0.211. The van der Waals surface area contributed by atoms with Gasteiger partial charge in [0.15, 0.2) is 5.82 Å². The van der Waals surface area contributed by atoms with Crippen LogP contribution in [-0.4, -0.2) is 26.2 Å². The highest BCUT2D eigenvalue weighted by molar-refractivity contribution is 4.97. The molecule has 1 atom stereocenters. The van der Waals surface area contributed by atoms with Crippen LogP contribution in [0, 0.1) is 6.92 Å². The topological polar surface area (TPSA) is 68.8 Å². The van der Waals surface area contributed by atoms with Crippen LogP contribution < -0.4 is 5.32 Å². The first-order valence-electron chi connectivity index (χ1n) is 5.66. The Hall–Kier alpha value is -1.69. The Morgan fingerprint density at radius 1 is 1.53 bits per heavy atom. The van der Waals surface area contributed by atoms with Crippen molar-refractivity contribution < 1.29 is 4.52 Å². The van der Waals surface area contributed by atoms with Crippen molar-refractivity contribution in [1.82, 2.24) is 25.0 Å².